The van der Waals surface area contributed by atoms with Crippen LogP contribution in [0.15, 0.2) is 28.8 Å². The number of aromatic nitrogens is 2. The molecule has 2 aromatic rings. The van der Waals surface area contributed by atoms with Gasteiger partial charge in [0.2, 0.25) is 11.8 Å². The molecule has 0 N–H and O–H groups in total. The molecule has 2 heterocycles. The lowest BCUT2D eigenvalue weighted by Gasteiger charge is -2.22. The van der Waals surface area contributed by atoms with Gasteiger partial charge >= 0.3 is 0 Å². The van der Waals surface area contributed by atoms with Crippen LogP contribution in [-0.2, 0) is 17.8 Å². The Morgan fingerprint density at radius 2 is 2.22 bits per heavy atom. The van der Waals surface area contributed by atoms with E-state index >= 15 is 0 Å². The number of likely N-dealkylation sites (N-methyl/N-ethyl adjacent to an activating group) is 1. The van der Waals surface area contributed by atoms with E-state index in [9.17, 15) is 9.18 Å². The summed E-state index contributed by atoms with van der Waals surface area (Å²) in [6.45, 7) is 2.86. The number of halogens is 1. The first kappa shape index (κ1) is 15.6. The molecule has 3 rings (SSSR count). The Kier molecular flexibility index (Phi) is 4.38. The molecule has 0 radical (unpaired) electrons. The number of para-hydroxylation sites is 1. The summed E-state index contributed by atoms with van der Waals surface area (Å²) in [6.07, 6.45) is 1.32. The van der Waals surface area contributed by atoms with E-state index < -0.39 is 0 Å². The maximum atomic E-state index is 13.9. The van der Waals surface area contributed by atoms with Crippen molar-refractivity contribution in [2.24, 2.45) is 0 Å². The fourth-order valence-electron chi connectivity index (χ4n) is 2.81. The molecule has 0 spiro atoms. The van der Waals surface area contributed by atoms with Gasteiger partial charge < -0.3 is 9.42 Å². The van der Waals surface area contributed by atoms with Crippen LogP contribution in [-0.4, -0.2) is 40.6 Å². The predicted octanol–water partition coefficient (Wildman–Crippen LogP) is 2.01. The summed E-state index contributed by atoms with van der Waals surface area (Å²) in [4.78, 5) is 20.2. The number of benzene rings is 1. The van der Waals surface area contributed by atoms with Crippen LogP contribution in [0.1, 0.15) is 25.1 Å². The first-order chi connectivity index (χ1) is 11.1. The Morgan fingerprint density at radius 3 is 2.91 bits per heavy atom. The number of aryl methyl sites for hydroxylation is 1. The van der Waals surface area contributed by atoms with Crippen molar-refractivity contribution in [3.8, 4) is 0 Å². The van der Waals surface area contributed by atoms with Gasteiger partial charge in [0.15, 0.2) is 5.82 Å². The highest BCUT2D eigenvalue weighted by atomic mass is 19.1. The van der Waals surface area contributed by atoms with Crippen LogP contribution in [0.25, 0.3) is 0 Å². The highest BCUT2D eigenvalue weighted by Gasteiger charge is 2.36. The van der Waals surface area contributed by atoms with Gasteiger partial charge in [0, 0.05) is 13.0 Å². The second-order valence-corrected chi connectivity index (χ2v) is 5.62. The van der Waals surface area contributed by atoms with Crippen LogP contribution in [0.3, 0.4) is 0 Å². The topological polar surface area (TPSA) is 62.5 Å². The zero-order valence-electron chi connectivity index (χ0n) is 13.2. The molecule has 1 saturated heterocycles. The number of nitrogens with zero attached hydrogens (tertiary/aromatic N) is 4. The van der Waals surface area contributed by atoms with Crippen molar-refractivity contribution >= 4 is 11.6 Å². The number of carbonyl (C=O) groups is 1. The predicted molar refractivity (Wildman–Crippen MR) is 82.3 cm³/mol. The van der Waals surface area contributed by atoms with E-state index in [-0.39, 0.29) is 17.8 Å². The Morgan fingerprint density at radius 1 is 1.43 bits per heavy atom. The third kappa shape index (κ3) is 3.10. The molecule has 0 saturated carbocycles. The molecular weight excluding hydrogens is 299 g/mol. The fraction of sp³-hybridized carbons (Fsp3) is 0.438. The molecule has 1 aliphatic rings. The first-order valence-electron chi connectivity index (χ1n) is 7.67. The zero-order valence-corrected chi connectivity index (χ0v) is 13.2. The summed E-state index contributed by atoms with van der Waals surface area (Å²) in [7, 11) is 1.84. The van der Waals surface area contributed by atoms with Gasteiger partial charge in [0.05, 0.1) is 18.3 Å². The number of amides is 1. The Balaban J connectivity index is 1.70. The van der Waals surface area contributed by atoms with Crippen molar-refractivity contribution in [1.29, 1.82) is 0 Å². The Labute approximate surface area is 133 Å². The molecule has 1 atom stereocenters. The second kappa shape index (κ2) is 6.45. The molecule has 1 fully saturated rings. The summed E-state index contributed by atoms with van der Waals surface area (Å²) >= 11 is 0. The van der Waals surface area contributed by atoms with Crippen LogP contribution in [0.4, 0.5) is 10.1 Å². The molecule has 7 heteroatoms. The van der Waals surface area contributed by atoms with Crippen molar-refractivity contribution in [1.82, 2.24) is 15.0 Å². The van der Waals surface area contributed by atoms with Gasteiger partial charge in [-0.1, -0.05) is 24.2 Å². The van der Waals surface area contributed by atoms with Gasteiger partial charge in [0.1, 0.15) is 5.82 Å². The summed E-state index contributed by atoms with van der Waals surface area (Å²) < 4.78 is 19.0. The van der Waals surface area contributed by atoms with Gasteiger partial charge in [-0.2, -0.15) is 4.98 Å². The van der Waals surface area contributed by atoms with Crippen LogP contribution >= 0.6 is 0 Å². The summed E-state index contributed by atoms with van der Waals surface area (Å²) in [5, 5.41) is 3.90. The molecule has 6 nitrogen and oxygen atoms in total. The smallest absolute Gasteiger partial charge is 0.244 e. The number of hydrogen-bond acceptors (Lipinski definition) is 5. The molecule has 23 heavy (non-hydrogen) atoms. The van der Waals surface area contributed by atoms with Crippen LogP contribution < -0.4 is 4.90 Å². The van der Waals surface area contributed by atoms with Crippen LogP contribution in [0.5, 0.6) is 0 Å². The van der Waals surface area contributed by atoms with Crippen LogP contribution in [0, 0.1) is 5.82 Å². The monoisotopic (exact) mass is 318 g/mol. The van der Waals surface area contributed by atoms with Gasteiger partial charge in [-0.25, -0.2) is 4.39 Å². The molecule has 0 bridgehead atoms. The van der Waals surface area contributed by atoms with E-state index in [4.69, 9.17) is 4.52 Å². The van der Waals surface area contributed by atoms with Crippen molar-refractivity contribution in [3.63, 3.8) is 0 Å². The minimum absolute atomic E-state index is 0.100. The van der Waals surface area contributed by atoms with Gasteiger partial charge in [-0.3, -0.25) is 9.69 Å². The molecular formula is C16H19FN4O2. The average molecular weight is 318 g/mol. The Hall–Kier alpha value is -2.28. The maximum absolute atomic E-state index is 13.9. The highest BCUT2D eigenvalue weighted by Crippen LogP contribution is 2.26. The highest BCUT2D eigenvalue weighted by molar-refractivity contribution is 5.99. The van der Waals surface area contributed by atoms with Gasteiger partial charge in [0.25, 0.3) is 0 Å². The fourth-order valence-corrected chi connectivity index (χ4v) is 2.81. The third-order valence-electron chi connectivity index (χ3n) is 4.06. The minimum Gasteiger partial charge on any atom is -0.339 e. The standard InChI is InChI=1S/C16H19FN4O2/c1-3-15-18-14(19-23-15)10-20(2)13-8-9-21(16(13)22)12-7-5-4-6-11(12)17/h4-7,13H,3,8-10H2,1-2H3/t13-/m0/s1. The normalized spacial score (nSPS) is 18.2. The van der Waals surface area contributed by atoms with E-state index in [0.29, 0.717) is 43.3 Å². The number of anilines is 1. The molecule has 1 aromatic carbocycles. The van der Waals surface area contributed by atoms with Gasteiger partial charge in [-0.15, -0.1) is 0 Å². The quantitative estimate of drug-likeness (QED) is 0.844. The molecule has 0 aliphatic carbocycles. The number of rotatable bonds is 5. The lowest BCUT2D eigenvalue weighted by molar-refractivity contribution is -0.121. The minimum atomic E-state index is -0.380. The molecule has 122 valence electrons. The molecule has 1 aromatic heterocycles. The van der Waals surface area contributed by atoms with Crippen molar-refractivity contribution in [2.75, 3.05) is 18.5 Å². The van der Waals surface area contributed by atoms with E-state index in [1.54, 1.807) is 18.2 Å². The molecule has 1 amide bonds. The third-order valence-corrected chi connectivity index (χ3v) is 4.06. The largest absolute Gasteiger partial charge is 0.339 e. The van der Waals surface area contributed by atoms with E-state index in [0.717, 1.165) is 0 Å². The number of hydrogen-bond donors (Lipinski definition) is 0. The summed E-state index contributed by atoms with van der Waals surface area (Å²) in [6, 6.07) is 6.03. The number of carbonyl (C=O) groups excluding carboxylic acids is 1. The summed E-state index contributed by atoms with van der Waals surface area (Å²) in [5.74, 6) is 0.660. The maximum Gasteiger partial charge on any atom is 0.244 e. The molecule has 1 aliphatic heterocycles. The lowest BCUT2D eigenvalue weighted by atomic mass is 10.2. The van der Waals surface area contributed by atoms with E-state index in [1.807, 2.05) is 18.9 Å². The molecule has 0 unspecified atom stereocenters. The first-order valence-corrected chi connectivity index (χ1v) is 7.67. The lowest BCUT2D eigenvalue weighted by Crippen LogP contribution is -2.39. The van der Waals surface area contributed by atoms with Crippen molar-refractivity contribution in [2.45, 2.75) is 32.4 Å². The second-order valence-electron chi connectivity index (χ2n) is 5.62. The average Bonchev–Trinajstić information content (AvgIpc) is 3.14. The Bertz CT molecular complexity index is 703. The SMILES string of the molecule is CCc1nc(CN(C)[C@H]2CCN(c3ccccc3F)C2=O)no1. The van der Waals surface area contributed by atoms with Crippen molar-refractivity contribution in [3.05, 3.63) is 41.8 Å². The summed E-state index contributed by atoms with van der Waals surface area (Å²) in [5.41, 5.74) is 0.334. The van der Waals surface area contributed by atoms with Gasteiger partial charge in [-0.05, 0) is 25.6 Å². The van der Waals surface area contributed by atoms with Crippen LogP contribution in [0.2, 0.25) is 0 Å². The van der Waals surface area contributed by atoms with Crippen molar-refractivity contribution < 1.29 is 13.7 Å². The zero-order chi connectivity index (χ0) is 16.4. The van der Waals surface area contributed by atoms with E-state index in [1.165, 1.54) is 11.0 Å². The van der Waals surface area contributed by atoms with E-state index in [2.05, 4.69) is 10.1 Å².